The quantitative estimate of drug-likeness (QED) is 0.769. The fourth-order valence-electron chi connectivity index (χ4n) is 1.65. The molecule has 0 amide bonds. The third-order valence-corrected chi connectivity index (χ3v) is 2.63. The van der Waals surface area contributed by atoms with Crippen LogP contribution in [0.3, 0.4) is 0 Å². The molecular weight excluding hydrogens is 236 g/mol. The molecule has 2 rings (SSSR count). The first kappa shape index (κ1) is 17.8. The first-order chi connectivity index (χ1) is 8.95. The van der Waals surface area contributed by atoms with Crippen molar-refractivity contribution in [1.29, 1.82) is 0 Å². The summed E-state index contributed by atoms with van der Waals surface area (Å²) < 4.78 is 0. The Balaban J connectivity index is 0.000000257. The van der Waals surface area contributed by atoms with Crippen LogP contribution in [0.15, 0.2) is 24.4 Å². The molecule has 2 heterocycles. The lowest BCUT2D eigenvalue weighted by Crippen LogP contribution is -2.41. The zero-order valence-corrected chi connectivity index (χ0v) is 13.0. The second kappa shape index (κ2) is 10.7. The minimum Gasteiger partial charge on any atom is -0.306 e. The first-order valence-electron chi connectivity index (χ1n) is 6.95. The largest absolute Gasteiger partial charge is 0.306 e. The van der Waals surface area contributed by atoms with Crippen LogP contribution in [0.5, 0.6) is 0 Å². The molecule has 1 aromatic heterocycles. The van der Waals surface area contributed by atoms with Gasteiger partial charge in [-0.15, -0.1) is 0 Å². The van der Waals surface area contributed by atoms with Crippen molar-refractivity contribution in [3.63, 3.8) is 0 Å². The Bertz CT molecular complexity index is 313. The average molecular weight is 264 g/mol. The third-order valence-electron chi connectivity index (χ3n) is 2.63. The van der Waals surface area contributed by atoms with Gasteiger partial charge in [0.25, 0.3) is 0 Å². The molecule has 0 spiro atoms. The molecule has 1 fully saturated rings. The van der Waals surface area contributed by atoms with Crippen molar-refractivity contribution < 1.29 is 4.79 Å². The molecule has 1 aliphatic heterocycles. The van der Waals surface area contributed by atoms with E-state index in [2.05, 4.69) is 23.9 Å². The van der Waals surface area contributed by atoms with Crippen LogP contribution in [0.4, 0.5) is 0 Å². The van der Waals surface area contributed by atoms with Gasteiger partial charge in [-0.2, -0.15) is 0 Å². The summed E-state index contributed by atoms with van der Waals surface area (Å²) in [7, 11) is 2.15. The Morgan fingerprint density at radius 2 is 2.05 bits per heavy atom. The van der Waals surface area contributed by atoms with E-state index in [1.54, 1.807) is 6.20 Å². The molecule has 0 unspecified atom stereocenters. The van der Waals surface area contributed by atoms with Gasteiger partial charge < -0.3 is 9.69 Å². The second-order valence-electron chi connectivity index (χ2n) is 5.59. The predicted octanol–water partition coefficient (Wildman–Crippen LogP) is 3.19. The molecule has 108 valence electrons. The first-order valence-corrected chi connectivity index (χ1v) is 6.95. The second-order valence-corrected chi connectivity index (χ2v) is 5.59. The van der Waals surface area contributed by atoms with Gasteiger partial charge in [0.15, 0.2) is 0 Å². The van der Waals surface area contributed by atoms with Crippen LogP contribution >= 0.6 is 0 Å². The van der Waals surface area contributed by atoms with Crippen LogP contribution in [0.2, 0.25) is 0 Å². The number of aryl methyl sites for hydroxylation is 1. The van der Waals surface area contributed by atoms with Crippen molar-refractivity contribution in [1.82, 2.24) is 9.88 Å². The summed E-state index contributed by atoms with van der Waals surface area (Å²) in [5.41, 5.74) is 1.07. The zero-order chi connectivity index (χ0) is 14.7. The normalized spacial score (nSPS) is 14.6. The molecule has 0 aliphatic carbocycles. The van der Waals surface area contributed by atoms with Gasteiger partial charge in [0.05, 0.1) is 0 Å². The van der Waals surface area contributed by atoms with E-state index in [0.29, 0.717) is 12.3 Å². The molecule has 19 heavy (non-hydrogen) atoms. The third kappa shape index (κ3) is 11.6. The van der Waals surface area contributed by atoms with E-state index in [0.717, 1.165) is 17.9 Å². The Kier molecular flexibility index (Phi) is 9.99. The molecular formula is C16H28N2O. The summed E-state index contributed by atoms with van der Waals surface area (Å²) >= 11 is 0. The van der Waals surface area contributed by atoms with Gasteiger partial charge in [0, 0.05) is 31.4 Å². The minimum absolute atomic E-state index is 0.530. The van der Waals surface area contributed by atoms with E-state index < -0.39 is 0 Å². The SMILES string of the molecule is CC(C)CC=O.CC1CN(C)C1.Cc1ccccn1. The zero-order valence-electron chi connectivity index (χ0n) is 13.0. The highest BCUT2D eigenvalue weighted by Crippen LogP contribution is 2.09. The number of rotatable bonds is 2. The van der Waals surface area contributed by atoms with E-state index in [9.17, 15) is 4.79 Å². The van der Waals surface area contributed by atoms with Gasteiger partial charge in [0.2, 0.25) is 0 Å². The number of carbonyl (C=O) groups is 1. The molecule has 0 saturated carbocycles. The maximum Gasteiger partial charge on any atom is 0.120 e. The van der Waals surface area contributed by atoms with Crippen LogP contribution < -0.4 is 0 Å². The van der Waals surface area contributed by atoms with Gasteiger partial charge >= 0.3 is 0 Å². The lowest BCUT2D eigenvalue weighted by Gasteiger charge is -2.33. The molecule has 1 aliphatic rings. The van der Waals surface area contributed by atoms with Crippen LogP contribution in [0, 0.1) is 18.8 Å². The maximum absolute atomic E-state index is 9.62. The Morgan fingerprint density at radius 1 is 1.42 bits per heavy atom. The highest BCUT2D eigenvalue weighted by Gasteiger charge is 2.16. The molecule has 3 nitrogen and oxygen atoms in total. The summed E-state index contributed by atoms with van der Waals surface area (Å²) in [6.07, 6.45) is 3.43. The van der Waals surface area contributed by atoms with Crippen LogP contribution in [0.25, 0.3) is 0 Å². The number of likely N-dealkylation sites (tertiary alicyclic amines) is 1. The van der Waals surface area contributed by atoms with Crippen LogP contribution in [0.1, 0.15) is 32.9 Å². The smallest absolute Gasteiger partial charge is 0.120 e. The van der Waals surface area contributed by atoms with Gasteiger partial charge in [-0.1, -0.05) is 26.8 Å². The Labute approximate surface area is 118 Å². The van der Waals surface area contributed by atoms with E-state index in [1.165, 1.54) is 13.1 Å². The van der Waals surface area contributed by atoms with Crippen molar-refractivity contribution in [2.24, 2.45) is 11.8 Å². The molecule has 0 aromatic carbocycles. The predicted molar refractivity (Wildman–Crippen MR) is 81.2 cm³/mol. The highest BCUT2D eigenvalue weighted by molar-refractivity contribution is 5.49. The van der Waals surface area contributed by atoms with E-state index in [-0.39, 0.29) is 0 Å². The van der Waals surface area contributed by atoms with Gasteiger partial charge in [-0.05, 0) is 37.9 Å². The average Bonchev–Trinajstić information content (AvgIpc) is 2.30. The topological polar surface area (TPSA) is 33.2 Å². The number of pyridine rings is 1. The lowest BCUT2D eigenvalue weighted by molar-refractivity contribution is -0.108. The number of aromatic nitrogens is 1. The standard InChI is InChI=1S/C6H7N.C5H11N.C5H10O/c1-6-4-2-3-5-7-6;1-5-3-6(2)4-5;1-5(2)3-4-6/h2-5H,1H3;5H,3-4H2,1-2H3;4-5H,3H2,1-2H3. The number of nitrogens with zero attached hydrogens (tertiary/aromatic N) is 2. The molecule has 0 bridgehead atoms. The molecule has 1 saturated heterocycles. The van der Waals surface area contributed by atoms with Crippen molar-refractivity contribution >= 4 is 6.29 Å². The highest BCUT2D eigenvalue weighted by atomic mass is 16.1. The summed E-state index contributed by atoms with van der Waals surface area (Å²) in [6, 6.07) is 5.86. The van der Waals surface area contributed by atoms with Crippen molar-refractivity contribution in [2.45, 2.75) is 34.1 Å². The number of carbonyl (C=O) groups excluding carboxylic acids is 1. The molecule has 0 atom stereocenters. The fraction of sp³-hybridized carbons (Fsp3) is 0.625. The number of hydrogen-bond acceptors (Lipinski definition) is 3. The Hall–Kier alpha value is -1.22. The molecule has 0 radical (unpaired) electrons. The minimum atomic E-state index is 0.530. The summed E-state index contributed by atoms with van der Waals surface area (Å²) in [6.45, 7) is 10.9. The van der Waals surface area contributed by atoms with E-state index >= 15 is 0 Å². The van der Waals surface area contributed by atoms with Crippen molar-refractivity contribution in [3.05, 3.63) is 30.1 Å². The van der Waals surface area contributed by atoms with Gasteiger partial charge in [-0.25, -0.2) is 0 Å². The van der Waals surface area contributed by atoms with Crippen LogP contribution in [-0.2, 0) is 4.79 Å². The monoisotopic (exact) mass is 264 g/mol. The van der Waals surface area contributed by atoms with E-state index in [4.69, 9.17) is 0 Å². The van der Waals surface area contributed by atoms with Crippen LogP contribution in [-0.4, -0.2) is 36.3 Å². The van der Waals surface area contributed by atoms with Crippen molar-refractivity contribution in [2.75, 3.05) is 20.1 Å². The summed E-state index contributed by atoms with van der Waals surface area (Å²) in [5, 5.41) is 0. The van der Waals surface area contributed by atoms with E-state index in [1.807, 2.05) is 39.0 Å². The molecule has 3 heteroatoms. The number of hydrogen-bond donors (Lipinski definition) is 0. The lowest BCUT2D eigenvalue weighted by atomic mass is 10.1. The number of aldehydes is 1. The van der Waals surface area contributed by atoms with Gasteiger partial charge in [-0.3, -0.25) is 4.98 Å². The molecule has 1 aromatic rings. The molecule has 0 N–H and O–H groups in total. The Morgan fingerprint density at radius 3 is 2.16 bits per heavy atom. The maximum atomic E-state index is 9.62. The fourth-order valence-corrected chi connectivity index (χ4v) is 1.65. The van der Waals surface area contributed by atoms with Gasteiger partial charge in [0.1, 0.15) is 6.29 Å². The summed E-state index contributed by atoms with van der Waals surface area (Å²) in [5.74, 6) is 1.50. The van der Waals surface area contributed by atoms with Crippen molar-refractivity contribution in [3.8, 4) is 0 Å². The summed E-state index contributed by atoms with van der Waals surface area (Å²) in [4.78, 5) is 15.9.